The Hall–Kier alpha value is -4.08. The van der Waals surface area contributed by atoms with Crippen molar-refractivity contribution in [3.63, 3.8) is 0 Å². The van der Waals surface area contributed by atoms with Crippen LogP contribution in [0.3, 0.4) is 0 Å². The van der Waals surface area contributed by atoms with Gasteiger partial charge >= 0.3 is 5.97 Å². The third-order valence-electron chi connectivity index (χ3n) is 5.62. The summed E-state index contributed by atoms with van der Waals surface area (Å²) in [4.78, 5) is 43.6. The van der Waals surface area contributed by atoms with Crippen LogP contribution >= 0.6 is 0 Å². The Balaban J connectivity index is 1.77. The largest absolute Gasteiger partial charge is 0.481 e. The fourth-order valence-electron chi connectivity index (χ4n) is 3.86. The van der Waals surface area contributed by atoms with Crippen LogP contribution in [0.2, 0.25) is 0 Å². The Labute approximate surface area is 206 Å². The molecule has 1 heterocycles. The van der Waals surface area contributed by atoms with E-state index in [1.807, 2.05) is 30.3 Å². The number of ketones is 1. The first-order valence-corrected chi connectivity index (χ1v) is 11.3. The number of rotatable bonds is 11. The maximum Gasteiger partial charge on any atom is 0.305 e. The van der Waals surface area contributed by atoms with Crippen molar-refractivity contribution in [3.8, 4) is 5.75 Å². The highest BCUT2D eigenvalue weighted by Crippen LogP contribution is 2.23. The molecule has 1 aromatic heterocycles. The highest BCUT2D eigenvalue weighted by atomic mass is 19.1. The molecule has 36 heavy (non-hydrogen) atoms. The number of anilines is 1. The number of pyridine rings is 1. The van der Waals surface area contributed by atoms with Crippen molar-refractivity contribution >= 4 is 34.4 Å². The van der Waals surface area contributed by atoms with Gasteiger partial charge in [-0.3, -0.25) is 14.4 Å². The molecular weight excluding hydrogens is 472 g/mol. The number of fused-ring (bicyclic) bond motifs is 1. The fourth-order valence-corrected chi connectivity index (χ4v) is 3.86. The lowest BCUT2D eigenvalue weighted by atomic mass is 10.0. The Morgan fingerprint density at radius 3 is 2.33 bits per heavy atom. The molecule has 0 unspecified atom stereocenters. The molecule has 0 aliphatic carbocycles. The maximum absolute atomic E-state index is 13.8. The molecule has 3 aromatic rings. The van der Waals surface area contributed by atoms with Crippen LogP contribution < -0.4 is 15.0 Å². The molecule has 0 aliphatic heterocycles. The summed E-state index contributed by atoms with van der Waals surface area (Å²) in [5.41, 5.74) is 0.737. The third kappa shape index (κ3) is 6.32. The van der Waals surface area contributed by atoms with Crippen molar-refractivity contribution in [2.24, 2.45) is 5.92 Å². The first-order chi connectivity index (χ1) is 17.1. The number of halogens is 2. The third-order valence-corrected chi connectivity index (χ3v) is 5.62. The molecule has 10 heteroatoms. The molecule has 2 atom stereocenters. The second kappa shape index (κ2) is 11.6. The van der Waals surface area contributed by atoms with Gasteiger partial charge in [-0.1, -0.05) is 38.1 Å². The second-order valence-corrected chi connectivity index (χ2v) is 8.63. The summed E-state index contributed by atoms with van der Waals surface area (Å²) in [6.07, 6.45) is -0.726. The molecule has 0 spiro atoms. The van der Waals surface area contributed by atoms with E-state index in [4.69, 9.17) is 4.74 Å². The number of ether oxygens (including phenoxy) is 1. The van der Waals surface area contributed by atoms with Gasteiger partial charge in [-0.15, -0.1) is 0 Å². The van der Waals surface area contributed by atoms with Gasteiger partial charge in [0.2, 0.25) is 5.91 Å². The van der Waals surface area contributed by atoms with Crippen molar-refractivity contribution < 1.29 is 33.0 Å². The predicted molar refractivity (Wildman–Crippen MR) is 130 cm³/mol. The number of amides is 1. The molecule has 8 nitrogen and oxygen atoms in total. The van der Waals surface area contributed by atoms with Crippen LogP contribution in [0.15, 0.2) is 54.6 Å². The lowest BCUT2D eigenvalue weighted by Crippen LogP contribution is -2.54. The van der Waals surface area contributed by atoms with E-state index in [9.17, 15) is 28.3 Å². The van der Waals surface area contributed by atoms with Crippen molar-refractivity contribution in [1.29, 1.82) is 0 Å². The normalized spacial score (nSPS) is 12.7. The van der Waals surface area contributed by atoms with Crippen LogP contribution in [0.25, 0.3) is 10.9 Å². The number of nitrogens with one attached hydrogen (secondary N) is 1. The number of para-hydroxylation sites is 2. The summed E-state index contributed by atoms with van der Waals surface area (Å²) in [6.45, 7) is 2.78. The van der Waals surface area contributed by atoms with Crippen LogP contribution in [0, 0.1) is 17.6 Å². The van der Waals surface area contributed by atoms with E-state index in [2.05, 4.69) is 10.3 Å². The number of benzene rings is 2. The fraction of sp³-hybridized carbons (Fsp3) is 0.308. The quantitative estimate of drug-likeness (QED) is 0.415. The van der Waals surface area contributed by atoms with Gasteiger partial charge < -0.3 is 20.1 Å². The molecule has 190 valence electrons. The van der Waals surface area contributed by atoms with E-state index in [0.717, 1.165) is 29.1 Å². The molecule has 0 saturated heterocycles. The number of nitrogens with zero attached hydrogens (tertiary/aromatic N) is 2. The number of Topliss-reactive ketones (excluding diaryl/α,β-unsaturated/α-hetero) is 1. The van der Waals surface area contributed by atoms with Crippen LogP contribution in [0.1, 0.15) is 20.3 Å². The minimum Gasteiger partial charge on any atom is -0.481 e. The second-order valence-electron chi connectivity index (χ2n) is 8.63. The molecule has 0 aliphatic rings. The minimum absolute atomic E-state index is 0.243. The molecule has 0 fully saturated rings. The van der Waals surface area contributed by atoms with E-state index >= 15 is 0 Å². The molecular formula is C26H27F2N3O5. The Kier molecular flexibility index (Phi) is 8.52. The summed E-state index contributed by atoms with van der Waals surface area (Å²) in [6, 6.07) is 11.9. The van der Waals surface area contributed by atoms with Crippen LogP contribution in [-0.4, -0.2) is 53.5 Å². The Bertz CT molecular complexity index is 1250. The standard InChI is InChI=1S/C26H27F2N3O5/c1-15(2)24(31(3)22-12-11-16-7-4-5-10-19(16)29-22)26(35)30-20(13-23(33)34)21(32)14-36-25-17(27)8-6-9-18(25)28/h4-12,15,20,24H,13-14H2,1-3H3,(H,30,35)(H,33,34)/t20-,24-/m0/s1. The molecule has 1 amide bonds. The molecule has 0 radical (unpaired) electrons. The van der Waals surface area contributed by atoms with Gasteiger partial charge in [-0.05, 0) is 36.2 Å². The Morgan fingerprint density at radius 2 is 1.69 bits per heavy atom. The van der Waals surface area contributed by atoms with Gasteiger partial charge in [0.15, 0.2) is 23.2 Å². The number of likely N-dealkylation sites (N-methyl/N-ethyl adjacent to an activating group) is 1. The van der Waals surface area contributed by atoms with Gasteiger partial charge in [-0.2, -0.15) is 0 Å². The van der Waals surface area contributed by atoms with Gasteiger partial charge in [0.1, 0.15) is 24.5 Å². The van der Waals surface area contributed by atoms with Gasteiger partial charge in [-0.25, -0.2) is 13.8 Å². The van der Waals surface area contributed by atoms with Crippen molar-refractivity contribution in [2.45, 2.75) is 32.4 Å². The highest BCUT2D eigenvalue weighted by Gasteiger charge is 2.32. The SMILES string of the molecule is CC(C)[C@@H](C(=O)N[C@@H](CC(=O)O)C(=O)COc1c(F)cccc1F)N(C)c1ccc2ccccc2n1. The van der Waals surface area contributed by atoms with Crippen molar-refractivity contribution in [3.05, 3.63) is 66.2 Å². The smallest absolute Gasteiger partial charge is 0.305 e. The topological polar surface area (TPSA) is 109 Å². The molecule has 0 bridgehead atoms. The summed E-state index contributed by atoms with van der Waals surface area (Å²) in [5.74, 6) is -5.28. The van der Waals surface area contributed by atoms with E-state index in [1.165, 1.54) is 0 Å². The molecule has 2 aromatic carbocycles. The zero-order valence-corrected chi connectivity index (χ0v) is 20.1. The maximum atomic E-state index is 13.8. The number of hydrogen-bond acceptors (Lipinski definition) is 6. The number of aromatic nitrogens is 1. The number of carboxylic acids is 1. The molecule has 0 saturated carbocycles. The number of hydrogen-bond donors (Lipinski definition) is 2. The summed E-state index contributed by atoms with van der Waals surface area (Å²) < 4.78 is 32.6. The van der Waals surface area contributed by atoms with Crippen LogP contribution in [-0.2, 0) is 14.4 Å². The highest BCUT2D eigenvalue weighted by molar-refractivity contribution is 5.95. The number of aliphatic carboxylic acids is 1. The van der Waals surface area contributed by atoms with Crippen molar-refractivity contribution in [1.82, 2.24) is 10.3 Å². The first kappa shape index (κ1) is 26.5. The van der Waals surface area contributed by atoms with E-state index in [0.29, 0.717) is 5.82 Å². The monoisotopic (exact) mass is 499 g/mol. The Morgan fingerprint density at radius 1 is 1.03 bits per heavy atom. The van der Waals surface area contributed by atoms with Gasteiger partial charge in [0, 0.05) is 12.4 Å². The predicted octanol–water partition coefficient (Wildman–Crippen LogP) is 3.58. The average Bonchev–Trinajstić information content (AvgIpc) is 2.82. The van der Waals surface area contributed by atoms with Crippen LogP contribution in [0.4, 0.5) is 14.6 Å². The van der Waals surface area contributed by atoms with E-state index in [1.54, 1.807) is 31.9 Å². The van der Waals surface area contributed by atoms with E-state index in [-0.39, 0.29) is 5.92 Å². The average molecular weight is 500 g/mol. The minimum atomic E-state index is -1.47. The zero-order valence-electron chi connectivity index (χ0n) is 20.1. The van der Waals surface area contributed by atoms with E-state index < -0.39 is 60.2 Å². The van der Waals surface area contributed by atoms with Gasteiger partial charge in [0.05, 0.1) is 11.9 Å². The number of carbonyl (C=O) groups excluding carboxylic acids is 2. The summed E-state index contributed by atoms with van der Waals surface area (Å²) in [7, 11) is 1.68. The molecule has 2 N–H and O–H groups in total. The number of carboxylic acid groups (broad SMARTS) is 1. The lowest BCUT2D eigenvalue weighted by Gasteiger charge is -2.32. The summed E-state index contributed by atoms with van der Waals surface area (Å²) >= 11 is 0. The van der Waals surface area contributed by atoms with Gasteiger partial charge in [0.25, 0.3) is 0 Å². The zero-order chi connectivity index (χ0) is 26.4. The summed E-state index contributed by atoms with van der Waals surface area (Å²) in [5, 5.41) is 12.7. The lowest BCUT2D eigenvalue weighted by molar-refractivity contribution is -0.140. The van der Waals surface area contributed by atoms with Crippen LogP contribution in [0.5, 0.6) is 5.75 Å². The molecule has 3 rings (SSSR count). The van der Waals surface area contributed by atoms with Crippen molar-refractivity contribution in [2.75, 3.05) is 18.6 Å². The number of carbonyl (C=O) groups is 3. The first-order valence-electron chi connectivity index (χ1n) is 11.3.